The molecule has 0 N–H and O–H groups in total. The molecule has 6 nitrogen and oxygen atoms in total. The van der Waals surface area contributed by atoms with Crippen LogP contribution in [0.5, 0.6) is 5.75 Å². The molecule has 4 rings (SSSR count). The maximum absolute atomic E-state index is 13.4. The van der Waals surface area contributed by atoms with Crippen LogP contribution >= 0.6 is 34.7 Å². The minimum atomic E-state index is 0.00155. The molecule has 2 aromatic carbocycles. The summed E-state index contributed by atoms with van der Waals surface area (Å²) in [5.74, 6) is 0.645. The van der Waals surface area contributed by atoms with Gasteiger partial charge in [0.25, 0.3) is 0 Å². The van der Waals surface area contributed by atoms with Gasteiger partial charge in [-0.2, -0.15) is 0 Å². The number of aromatic nitrogens is 3. The second-order valence-electron chi connectivity index (χ2n) is 7.15. The summed E-state index contributed by atoms with van der Waals surface area (Å²) in [6, 6.07) is 11.7. The zero-order chi connectivity index (χ0) is 22.5. The summed E-state index contributed by atoms with van der Waals surface area (Å²) in [6.07, 6.45) is 8.57. The van der Waals surface area contributed by atoms with Gasteiger partial charge in [0.15, 0.2) is 5.13 Å². The van der Waals surface area contributed by atoms with E-state index in [1.54, 1.807) is 48.4 Å². The van der Waals surface area contributed by atoms with Crippen LogP contribution in [0.25, 0.3) is 10.2 Å². The van der Waals surface area contributed by atoms with Crippen LogP contribution in [0, 0.1) is 0 Å². The van der Waals surface area contributed by atoms with Crippen molar-refractivity contribution >= 4 is 56.0 Å². The molecule has 0 saturated carbocycles. The number of hydrogen-bond acceptors (Lipinski definition) is 6. The largest absolute Gasteiger partial charge is 0.494 e. The Morgan fingerprint density at radius 1 is 1.25 bits per heavy atom. The Bertz CT molecular complexity index is 1190. The number of amides is 1. The molecule has 166 valence electrons. The second kappa shape index (κ2) is 10.4. The van der Waals surface area contributed by atoms with Gasteiger partial charge in [-0.25, -0.2) is 9.97 Å². The van der Waals surface area contributed by atoms with Crippen LogP contribution in [0.15, 0.2) is 60.0 Å². The predicted molar refractivity (Wildman–Crippen MR) is 132 cm³/mol. The summed E-state index contributed by atoms with van der Waals surface area (Å²) < 4.78 is 8.27. The van der Waals surface area contributed by atoms with Gasteiger partial charge in [-0.05, 0) is 42.5 Å². The van der Waals surface area contributed by atoms with Crippen molar-refractivity contribution in [1.29, 1.82) is 0 Å². The molecule has 0 aliphatic heterocycles. The number of nitrogens with zero attached hydrogens (tertiary/aromatic N) is 4. The molecule has 0 aliphatic carbocycles. The third-order valence-electron chi connectivity index (χ3n) is 5.07. The summed E-state index contributed by atoms with van der Waals surface area (Å²) in [5.41, 5.74) is 1.65. The number of imidazole rings is 1. The fraction of sp³-hybridized carbons (Fsp3) is 0.261. The number of thiazole rings is 1. The molecular formula is C23H23ClN4O2S2. The highest BCUT2D eigenvalue weighted by Gasteiger charge is 2.22. The highest BCUT2D eigenvalue weighted by Crippen LogP contribution is 2.39. The number of hydrogen-bond donors (Lipinski definition) is 0. The lowest BCUT2D eigenvalue weighted by Gasteiger charge is -2.20. The maximum atomic E-state index is 13.4. The first kappa shape index (κ1) is 22.6. The van der Waals surface area contributed by atoms with E-state index in [2.05, 4.69) is 4.98 Å². The second-order valence-corrected chi connectivity index (χ2v) is 9.41. The fourth-order valence-electron chi connectivity index (χ4n) is 3.39. The average molecular weight is 487 g/mol. The van der Waals surface area contributed by atoms with Crippen LogP contribution in [-0.2, 0) is 17.8 Å². The first-order valence-electron chi connectivity index (χ1n) is 10.1. The molecule has 9 heteroatoms. The maximum Gasteiger partial charge on any atom is 0.233 e. The lowest BCUT2D eigenvalue weighted by atomic mass is 10.1. The summed E-state index contributed by atoms with van der Waals surface area (Å²) in [7, 11) is 1.61. The molecule has 0 saturated heterocycles. The number of methoxy groups -OCH3 is 1. The van der Waals surface area contributed by atoms with Crippen LogP contribution in [0.4, 0.5) is 5.13 Å². The summed E-state index contributed by atoms with van der Waals surface area (Å²) >= 11 is 9.51. The van der Waals surface area contributed by atoms with Crippen molar-refractivity contribution in [2.45, 2.75) is 24.3 Å². The third kappa shape index (κ3) is 5.09. The normalized spacial score (nSPS) is 11.1. The molecule has 0 spiro atoms. The highest BCUT2D eigenvalue weighted by molar-refractivity contribution is 7.98. The Balaban J connectivity index is 1.61. The van der Waals surface area contributed by atoms with E-state index in [4.69, 9.17) is 21.3 Å². The Kier molecular flexibility index (Phi) is 7.34. The number of halogens is 1. The average Bonchev–Trinajstić information content (AvgIpc) is 3.48. The summed E-state index contributed by atoms with van der Waals surface area (Å²) in [4.78, 5) is 25.1. The number of carbonyl (C=O) groups excluding carboxylic acids is 1. The van der Waals surface area contributed by atoms with Crippen molar-refractivity contribution in [2.75, 3.05) is 24.8 Å². The van der Waals surface area contributed by atoms with Gasteiger partial charge < -0.3 is 9.30 Å². The van der Waals surface area contributed by atoms with Crippen LogP contribution in [-0.4, -0.2) is 40.4 Å². The summed E-state index contributed by atoms with van der Waals surface area (Å²) in [5, 5.41) is 1.23. The van der Waals surface area contributed by atoms with Gasteiger partial charge >= 0.3 is 0 Å². The SMILES string of the molecule is COc1ccc(Cl)c2sc(N(CCCn3ccnc3)C(=O)Cc3ccc(SC)cc3)nc12. The van der Waals surface area contributed by atoms with Crippen molar-refractivity contribution < 1.29 is 9.53 Å². The number of thioether (sulfide) groups is 1. The zero-order valence-electron chi connectivity index (χ0n) is 17.8. The zero-order valence-corrected chi connectivity index (χ0v) is 20.2. The Morgan fingerprint density at radius 3 is 2.75 bits per heavy atom. The molecule has 2 heterocycles. The molecule has 0 atom stereocenters. The molecule has 0 aliphatic rings. The van der Waals surface area contributed by atoms with E-state index < -0.39 is 0 Å². The third-order valence-corrected chi connectivity index (χ3v) is 7.35. The van der Waals surface area contributed by atoms with Crippen molar-refractivity contribution in [3.8, 4) is 5.75 Å². The molecule has 0 bridgehead atoms. The number of ether oxygens (including phenoxy) is 1. The monoisotopic (exact) mass is 486 g/mol. The molecule has 32 heavy (non-hydrogen) atoms. The van der Waals surface area contributed by atoms with Crippen molar-refractivity contribution in [3.05, 3.63) is 65.7 Å². The lowest BCUT2D eigenvalue weighted by molar-refractivity contribution is -0.118. The van der Waals surface area contributed by atoms with Gasteiger partial charge in [0, 0.05) is 30.4 Å². The van der Waals surface area contributed by atoms with Crippen LogP contribution < -0.4 is 9.64 Å². The lowest BCUT2D eigenvalue weighted by Crippen LogP contribution is -2.33. The van der Waals surface area contributed by atoms with Gasteiger partial charge in [-0.15, -0.1) is 11.8 Å². The van der Waals surface area contributed by atoms with Crippen LogP contribution in [0.2, 0.25) is 5.02 Å². The number of carbonyl (C=O) groups is 1. The van der Waals surface area contributed by atoms with E-state index in [1.165, 1.54) is 16.2 Å². The van der Waals surface area contributed by atoms with E-state index in [-0.39, 0.29) is 5.91 Å². The van der Waals surface area contributed by atoms with Crippen LogP contribution in [0.1, 0.15) is 12.0 Å². The summed E-state index contributed by atoms with van der Waals surface area (Å²) in [6.45, 7) is 1.31. The van der Waals surface area contributed by atoms with Crippen LogP contribution in [0.3, 0.4) is 0 Å². The van der Waals surface area contributed by atoms with Gasteiger partial charge in [0.05, 0.1) is 29.6 Å². The first-order chi connectivity index (χ1) is 15.6. The van der Waals surface area contributed by atoms with E-state index in [0.717, 1.165) is 23.2 Å². The first-order valence-corrected chi connectivity index (χ1v) is 12.5. The Morgan fingerprint density at radius 2 is 2.06 bits per heavy atom. The smallest absolute Gasteiger partial charge is 0.233 e. The van der Waals surface area contributed by atoms with Gasteiger partial charge in [-0.3, -0.25) is 9.69 Å². The predicted octanol–water partition coefficient (Wildman–Crippen LogP) is 5.54. The van der Waals surface area contributed by atoms with E-state index in [1.807, 2.05) is 41.3 Å². The van der Waals surface area contributed by atoms with Gasteiger partial charge in [-0.1, -0.05) is 35.1 Å². The number of rotatable bonds is 9. The molecule has 0 radical (unpaired) electrons. The quantitative estimate of drug-likeness (QED) is 0.290. The fourth-order valence-corrected chi connectivity index (χ4v) is 5.10. The van der Waals surface area contributed by atoms with Crippen molar-refractivity contribution in [1.82, 2.24) is 14.5 Å². The number of aryl methyl sites for hydroxylation is 1. The highest BCUT2D eigenvalue weighted by atomic mass is 35.5. The minimum absolute atomic E-state index is 0.00155. The van der Waals surface area contributed by atoms with Gasteiger partial charge in [0.2, 0.25) is 5.91 Å². The minimum Gasteiger partial charge on any atom is -0.494 e. The molecule has 4 aromatic rings. The molecular weight excluding hydrogens is 464 g/mol. The van der Waals surface area contributed by atoms with E-state index in [0.29, 0.717) is 34.4 Å². The molecule has 2 aromatic heterocycles. The Labute approximate surface area is 200 Å². The standard InChI is InChI=1S/C23H23ClN4O2S2/c1-30-19-9-8-18(24)22-21(19)26-23(32-22)28(12-3-11-27-13-10-25-15-27)20(29)14-16-4-6-17(31-2)7-5-16/h4-10,13,15H,3,11-12,14H2,1-2H3. The molecule has 0 fully saturated rings. The number of benzene rings is 2. The van der Waals surface area contributed by atoms with E-state index in [9.17, 15) is 4.79 Å². The van der Waals surface area contributed by atoms with Crippen molar-refractivity contribution in [2.24, 2.45) is 0 Å². The Hall–Kier alpha value is -2.55. The van der Waals surface area contributed by atoms with E-state index >= 15 is 0 Å². The molecule has 0 unspecified atom stereocenters. The molecule has 1 amide bonds. The topological polar surface area (TPSA) is 60.2 Å². The number of fused-ring (bicyclic) bond motifs is 1. The van der Waals surface area contributed by atoms with Gasteiger partial charge in [0.1, 0.15) is 11.3 Å². The number of anilines is 1. The van der Waals surface area contributed by atoms with Crippen molar-refractivity contribution in [3.63, 3.8) is 0 Å².